The number of piperazine rings is 1. The highest BCUT2D eigenvalue weighted by Gasteiger charge is 2.21. The van der Waals surface area contributed by atoms with E-state index < -0.39 is 0 Å². The summed E-state index contributed by atoms with van der Waals surface area (Å²) in [6.45, 7) is 7.22. The standard InChI is InChI=1S/C19H21ClN4O2S/c1-13-4-5-14(20)17-16(13)22-19(27-17)24-10-8-23(9-11-24)7-6-21-18(25)15-3-2-12-26-15/h2-5,12H,6-11H2,1H3,(H,21,25). The van der Waals surface area contributed by atoms with Crippen LogP contribution in [-0.4, -0.2) is 55.1 Å². The maximum Gasteiger partial charge on any atom is 0.287 e. The second-order valence-corrected chi connectivity index (χ2v) is 7.99. The van der Waals surface area contributed by atoms with Gasteiger partial charge in [-0.1, -0.05) is 29.0 Å². The van der Waals surface area contributed by atoms with Gasteiger partial charge in [0.15, 0.2) is 10.9 Å². The van der Waals surface area contributed by atoms with Crippen LogP contribution in [0.15, 0.2) is 34.9 Å². The van der Waals surface area contributed by atoms with E-state index >= 15 is 0 Å². The summed E-state index contributed by atoms with van der Waals surface area (Å²) in [4.78, 5) is 21.4. The Morgan fingerprint density at radius 3 is 2.81 bits per heavy atom. The Hall–Kier alpha value is -2.09. The van der Waals surface area contributed by atoms with Crippen LogP contribution >= 0.6 is 22.9 Å². The fourth-order valence-corrected chi connectivity index (χ4v) is 4.58. The molecular weight excluding hydrogens is 384 g/mol. The topological polar surface area (TPSA) is 61.6 Å². The van der Waals surface area contributed by atoms with Crippen molar-refractivity contribution < 1.29 is 9.21 Å². The number of aromatic nitrogens is 1. The molecule has 0 saturated carbocycles. The van der Waals surface area contributed by atoms with Gasteiger partial charge in [-0.2, -0.15) is 0 Å². The van der Waals surface area contributed by atoms with Crippen LogP contribution in [0.1, 0.15) is 16.1 Å². The van der Waals surface area contributed by atoms with Gasteiger partial charge in [0.1, 0.15) is 0 Å². The highest BCUT2D eigenvalue weighted by molar-refractivity contribution is 7.22. The minimum Gasteiger partial charge on any atom is -0.459 e. The molecule has 0 unspecified atom stereocenters. The Balaban J connectivity index is 1.29. The van der Waals surface area contributed by atoms with E-state index in [1.807, 2.05) is 12.1 Å². The molecule has 3 aromatic rings. The van der Waals surface area contributed by atoms with Crippen molar-refractivity contribution in [2.24, 2.45) is 0 Å². The Bertz CT molecular complexity index is 894. The number of hydrogen-bond donors (Lipinski definition) is 1. The lowest BCUT2D eigenvalue weighted by molar-refractivity contribution is 0.0920. The van der Waals surface area contributed by atoms with E-state index in [1.165, 1.54) is 6.26 Å². The third kappa shape index (κ3) is 3.95. The maximum absolute atomic E-state index is 11.9. The van der Waals surface area contributed by atoms with Crippen LogP contribution in [0, 0.1) is 6.92 Å². The predicted molar refractivity (Wildman–Crippen MR) is 109 cm³/mol. The molecule has 8 heteroatoms. The minimum atomic E-state index is -0.166. The van der Waals surface area contributed by atoms with Gasteiger partial charge in [0, 0.05) is 39.3 Å². The van der Waals surface area contributed by atoms with Crippen molar-refractivity contribution in [2.45, 2.75) is 6.92 Å². The summed E-state index contributed by atoms with van der Waals surface area (Å²) in [5, 5.41) is 4.70. The molecule has 27 heavy (non-hydrogen) atoms. The first-order valence-corrected chi connectivity index (χ1v) is 10.2. The third-order valence-corrected chi connectivity index (χ3v) is 6.36. The van der Waals surface area contributed by atoms with Crippen LogP contribution in [0.5, 0.6) is 0 Å². The lowest BCUT2D eigenvalue weighted by Gasteiger charge is -2.34. The average molecular weight is 405 g/mol. The van der Waals surface area contributed by atoms with E-state index in [0.29, 0.717) is 12.3 Å². The molecule has 0 aliphatic carbocycles. The first kappa shape index (κ1) is 18.3. The highest BCUT2D eigenvalue weighted by Crippen LogP contribution is 2.35. The number of fused-ring (bicyclic) bond motifs is 1. The van der Waals surface area contributed by atoms with Gasteiger partial charge in [0.25, 0.3) is 5.91 Å². The van der Waals surface area contributed by atoms with Crippen molar-refractivity contribution in [2.75, 3.05) is 44.2 Å². The van der Waals surface area contributed by atoms with Crippen LogP contribution in [0.2, 0.25) is 5.02 Å². The van der Waals surface area contributed by atoms with Crippen molar-refractivity contribution in [1.29, 1.82) is 0 Å². The number of halogens is 1. The molecule has 0 bridgehead atoms. The fourth-order valence-electron chi connectivity index (χ4n) is 3.21. The van der Waals surface area contributed by atoms with Gasteiger partial charge in [-0.25, -0.2) is 4.98 Å². The Labute approximate surface area is 166 Å². The summed E-state index contributed by atoms with van der Waals surface area (Å²) in [5.41, 5.74) is 2.16. The van der Waals surface area contributed by atoms with E-state index in [4.69, 9.17) is 21.0 Å². The summed E-state index contributed by atoms with van der Waals surface area (Å²) in [5.74, 6) is 0.185. The van der Waals surface area contributed by atoms with Crippen molar-refractivity contribution in [3.8, 4) is 0 Å². The first-order valence-electron chi connectivity index (χ1n) is 8.96. The monoisotopic (exact) mass is 404 g/mol. The normalized spacial score (nSPS) is 15.4. The fraction of sp³-hybridized carbons (Fsp3) is 0.368. The lowest BCUT2D eigenvalue weighted by Crippen LogP contribution is -2.48. The van der Waals surface area contributed by atoms with Crippen molar-refractivity contribution >= 4 is 44.2 Å². The summed E-state index contributed by atoms with van der Waals surface area (Å²) >= 11 is 7.99. The van der Waals surface area contributed by atoms with Gasteiger partial charge >= 0.3 is 0 Å². The number of nitrogens with one attached hydrogen (secondary N) is 1. The van der Waals surface area contributed by atoms with Gasteiger partial charge in [0.2, 0.25) is 0 Å². The average Bonchev–Trinajstić information content (AvgIpc) is 3.36. The molecule has 0 spiro atoms. The van der Waals surface area contributed by atoms with Crippen LogP contribution in [0.3, 0.4) is 0 Å². The molecule has 1 aliphatic rings. The molecule has 1 aromatic carbocycles. The molecular formula is C19H21ClN4O2S. The number of aryl methyl sites for hydroxylation is 1. The molecule has 1 aliphatic heterocycles. The number of anilines is 1. The van der Waals surface area contributed by atoms with Crippen molar-refractivity contribution in [3.05, 3.63) is 46.9 Å². The maximum atomic E-state index is 11.9. The second kappa shape index (κ2) is 7.88. The van der Waals surface area contributed by atoms with Crippen LogP contribution in [0.4, 0.5) is 5.13 Å². The number of carbonyl (C=O) groups excluding carboxylic acids is 1. The van der Waals surface area contributed by atoms with Gasteiger partial charge in [-0.3, -0.25) is 9.69 Å². The number of thiazole rings is 1. The Kier molecular flexibility index (Phi) is 5.33. The number of benzene rings is 1. The molecule has 142 valence electrons. The molecule has 1 N–H and O–H groups in total. The number of furan rings is 1. The Morgan fingerprint density at radius 1 is 1.30 bits per heavy atom. The SMILES string of the molecule is Cc1ccc(Cl)c2sc(N3CCN(CCNC(=O)c4ccco4)CC3)nc12. The van der Waals surface area contributed by atoms with Crippen molar-refractivity contribution in [1.82, 2.24) is 15.2 Å². The molecule has 2 aromatic heterocycles. The predicted octanol–water partition coefficient (Wildman–Crippen LogP) is 3.40. The van der Waals surface area contributed by atoms with Crippen LogP contribution in [0.25, 0.3) is 10.2 Å². The number of nitrogens with zero attached hydrogens (tertiary/aromatic N) is 3. The van der Waals surface area contributed by atoms with Gasteiger partial charge in [-0.05, 0) is 30.7 Å². The van der Waals surface area contributed by atoms with Crippen LogP contribution in [-0.2, 0) is 0 Å². The summed E-state index contributed by atoms with van der Waals surface area (Å²) in [6, 6.07) is 7.34. The first-order chi connectivity index (χ1) is 13.1. The zero-order valence-corrected chi connectivity index (χ0v) is 16.6. The molecule has 1 saturated heterocycles. The number of rotatable bonds is 5. The quantitative estimate of drug-likeness (QED) is 0.706. The summed E-state index contributed by atoms with van der Waals surface area (Å²) in [7, 11) is 0. The van der Waals surface area contributed by atoms with E-state index in [9.17, 15) is 4.79 Å². The molecule has 0 atom stereocenters. The van der Waals surface area contributed by atoms with Gasteiger partial charge in [-0.15, -0.1) is 0 Å². The number of hydrogen-bond acceptors (Lipinski definition) is 6. The zero-order valence-electron chi connectivity index (χ0n) is 15.1. The number of amides is 1. The minimum absolute atomic E-state index is 0.166. The van der Waals surface area contributed by atoms with E-state index in [1.54, 1.807) is 23.5 Å². The molecule has 1 amide bonds. The van der Waals surface area contributed by atoms with E-state index in [0.717, 1.165) is 58.7 Å². The van der Waals surface area contributed by atoms with Gasteiger partial charge < -0.3 is 14.6 Å². The summed E-state index contributed by atoms with van der Waals surface area (Å²) in [6.07, 6.45) is 1.50. The summed E-state index contributed by atoms with van der Waals surface area (Å²) < 4.78 is 6.16. The van der Waals surface area contributed by atoms with Crippen molar-refractivity contribution in [3.63, 3.8) is 0 Å². The zero-order chi connectivity index (χ0) is 18.8. The smallest absolute Gasteiger partial charge is 0.287 e. The second-order valence-electron chi connectivity index (χ2n) is 6.60. The number of carbonyl (C=O) groups is 1. The lowest BCUT2D eigenvalue weighted by atomic mass is 10.2. The van der Waals surface area contributed by atoms with Gasteiger partial charge in [0.05, 0.1) is 21.5 Å². The van der Waals surface area contributed by atoms with Crippen LogP contribution < -0.4 is 10.2 Å². The largest absolute Gasteiger partial charge is 0.459 e. The Morgan fingerprint density at radius 2 is 2.11 bits per heavy atom. The van der Waals surface area contributed by atoms with E-state index in [-0.39, 0.29) is 5.91 Å². The molecule has 6 nitrogen and oxygen atoms in total. The molecule has 3 heterocycles. The molecule has 4 rings (SSSR count). The van der Waals surface area contributed by atoms with E-state index in [2.05, 4.69) is 22.0 Å². The molecule has 1 fully saturated rings. The molecule has 0 radical (unpaired) electrons. The highest BCUT2D eigenvalue weighted by atomic mass is 35.5. The third-order valence-electron chi connectivity index (χ3n) is 4.79.